The molecule has 0 aliphatic heterocycles. The van der Waals surface area contributed by atoms with Crippen molar-refractivity contribution in [3.05, 3.63) is 36.0 Å². The van der Waals surface area contributed by atoms with Crippen LogP contribution in [-0.4, -0.2) is 20.2 Å². The molecule has 2 heterocycles. The van der Waals surface area contributed by atoms with Crippen molar-refractivity contribution in [1.82, 2.24) is 9.97 Å². The molecule has 1 aliphatic rings. The zero-order valence-corrected chi connectivity index (χ0v) is 13.8. The molecule has 0 amide bonds. The minimum atomic E-state index is -0.438. The van der Waals surface area contributed by atoms with Crippen LogP contribution < -0.4 is 5.32 Å². The van der Waals surface area contributed by atoms with Crippen molar-refractivity contribution in [1.29, 1.82) is 0 Å². The van der Waals surface area contributed by atoms with Crippen LogP contribution in [0.3, 0.4) is 0 Å². The van der Waals surface area contributed by atoms with Gasteiger partial charge in [-0.1, -0.05) is 6.42 Å². The number of aromatic nitrogens is 2. The van der Waals surface area contributed by atoms with Crippen LogP contribution in [-0.2, 0) is 0 Å². The minimum absolute atomic E-state index is 0.0205. The second kappa shape index (κ2) is 6.25. The van der Waals surface area contributed by atoms with E-state index in [9.17, 15) is 9.50 Å². The molecule has 7 nitrogen and oxygen atoms in total. The van der Waals surface area contributed by atoms with E-state index in [2.05, 4.69) is 25.5 Å². The number of hydrogen-bond donors (Lipinski definition) is 3. The van der Waals surface area contributed by atoms with Crippen molar-refractivity contribution < 1.29 is 13.9 Å². The van der Waals surface area contributed by atoms with Crippen LogP contribution in [0.4, 0.5) is 16.1 Å². The van der Waals surface area contributed by atoms with Crippen molar-refractivity contribution in [2.75, 3.05) is 5.32 Å². The molecule has 1 aromatic carbocycles. The van der Waals surface area contributed by atoms with Crippen molar-refractivity contribution in [3.8, 4) is 5.88 Å². The first kappa shape index (κ1) is 15.7. The number of anilines is 1. The van der Waals surface area contributed by atoms with Crippen LogP contribution >= 0.6 is 12.2 Å². The van der Waals surface area contributed by atoms with E-state index in [0.717, 1.165) is 18.6 Å². The number of fused-ring (bicyclic) bond motifs is 1. The molecule has 0 spiro atoms. The third-order valence-corrected chi connectivity index (χ3v) is 4.38. The molecule has 3 aromatic rings. The van der Waals surface area contributed by atoms with E-state index in [1.54, 1.807) is 6.20 Å². The number of nitrogens with one attached hydrogen (secondary N) is 2. The molecule has 0 atom stereocenters. The fraction of sp³-hybridized carbons (Fsp3) is 0.250. The van der Waals surface area contributed by atoms with E-state index in [-0.39, 0.29) is 22.7 Å². The summed E-state index contributed by atoms with van der Waals surface area (Å²) < 4.78 is 19.0. The lowest BCUT2D eigenvalue weighted by Gasteiger charge is -2.22. The van der Waals surface area contributed by atoms with Gasteiger partial charge in [-0.2, -0.15) is 0 Å². The summed E-state index contributed by atoms with van der Waals surface area (Å²) >= 11 is 5.08. The summed E-state index contributed by atoms with van der Waals surface area (Å²) in [5.41, 5.74) is 0.658. The molecule has 4 rings (SSSR count). The van der Waals surface area contributed by atoms with Gasteiger partial charge in [0.25, 0.3) is 0 Å². The number of aromatic amines is 1. The van der Waals surface area contributed by atoms with Crippen LogP contribution in [0.1, 0.15) is 30.9 Å². The van der Waals surface area contributed by atoms with Gasteiger partial charge in [-0.15, -0.1) is 10.2 Å². The van der Waals surface area contributed by atoms with Crippen LogP contribution in [0.25, 0.3) is 10.9 Å². The SMILES string of the molecule is Oc1[nH]c2ccc(F)cc2c1N=NC(=S)Nc1ncc(C2CCC2)o1. The number of hydrogen-bond acceptors (Lipinski definition) is 5. The average molecular weight is 359 g/mol. The van der Waals surface area contributed by atoms with E-state index < -0.39 is 5.82 Å². The first-order chi connectivity index (χ1) is 12.1. The number of halogens is 1. The number of thiocarbonyl (C=S) groups is 1. The Morgan fingerprint density at radius 2 is 2.28 bits per heavy atom. The highest BCUT2D eigenvalue weighted by atomic mass is 32.1. The topological polar surface area (TPSA) is 98.8 Å². The molecular weight excluding hydrogens is 345 g/mol. The third-order valence-electron chi connectivity index (χ3n) is 4.20. The summed E-state index contributed by atoms with van der Waals surface area (Å²) in [5, 5.41) is 20.8. The van der Waals surface area contributed by atoms with Crippen LogP contribution in [0.15, 0.2) is 39.0 Å². The zero-order valence-electron chi connectivity index (χ0n) is 13.0. The molecule has 25 heavy (non-hydrogen) atoms. The van der Waals surface area contributed by atoms with Gasteiger partial charge in [0.05, 0.1) is 11.7 Å². The maximum Gasteiger partial charge on any atom is 0.301 e. The largest absolute Gasteiger partial charge is 0.493 e. The summed E-state index contributed by atoms with van der Waals surface area (Å²) in [7, 11) is 0. The summed E-state index contributed by atoms with van der Waals surface area (Å²) in [5.74, 6) is 0.608. The van der Waals surface area contributed by atoms with E-state index in [1.807, 2.05) is 0 Å². The first-order valence-corrected chi connectivity index (χ1v) is 8.19. The van der Waals surface area contributed by atoms with E-state index >= 15 is 0 Å². The predicted octanol–water partition coefficient (Wildman–Crippen LogP) is 4.75. The minimum Gasteiger partial charge on any atom is -0.493 e. The lowest BCUT2D eigenvalue weighted by molar-refractivity contribution is 0.351. The molecule has 0 bridgehead atoms. The summed E-state index contributed by atoms with van der Waals surface area (Å²) in [6, 6.07) is 4.30. The van der Waals surface area contributed by atoms with Crippen LogP contribution in [0.2, 0.25) is 0 Å². The fourth-order valence-electron chi connectivity index (χ4n) is 2.67. The van der Waals surface area contributed by atoms with E-state index in [1.165, 1.54) is 24.6 Å². The van der Waals surface area contributed by atoms with Crippen LogP contribution in [0, 0.1) is 5.82 Å². The predicted molar refractivity (Wildman–Crippen MR) is 93.8 cm³/mol. The fourth-order valence-corrected chi connectivity index (χ4v) is 2.80. The van der Waals surface area contributed by atoms with Gasteiger partial charge in [0, 0.05) is 11.3 Å². The molecule has 0 saturated heterocycles. The molecule has 0 unspecified atom stereocenters. The Morgan fingerprint density at radius 3 is 3.04 bits per heavy atom. The molecule has 1 saturated carbocycles. The zero-order chi connectivity index (χ0) is 17.4. The Balaban J connectivity index is 1.49. The number of nitrogens with zero attached hydrogens (tertiary/aromatic N) is 3. The monoisotopic (exact) mass is 359 g/mol. The summed E-state index contributed by atoms with van der Waals surface area (Å²) in [6.45, 7) is 0. The standard InChI is InChI=1S/C16H14FN5O2S/c17-9-4-5-11-10(6-9)13(14(23)19-11)21-22-16(25)20-15-18-7-12(24-15)8-2-1-3-8/h4-8,19,23H,1-3H2,(H,18,20,25). The Bertz CT molecular complexity index is 976. The Labute approximate surface area is 147 Å². The van der Waals surface area contributed by atoms with Crippen molar-refractivity contribution >= 4 is 39.9 Å². The second-order valence-electron chi connectivity index (χ2n) is 5.84. The van der Waals surface area contributed by atoms with Crippen molar-refractivity contribution in [2.45, 2.75) is 25.2 Å². The quantitative estimate of drug-likeness (QED) is 0.463. The lowest BCUT2D eigenvalue weighted by Crippen LogP contribution is -2.07. The van der Waals surface area contributed by atoms with Crippen LogP contribution in [0.5, 0.6) is 5.88 Å². The molecule has 3 N–H and O–H groups in total. The number of oxazole rings is 1. The van der Waals surface area contributed by atoms with Gasteiger partial charge in [0.2, 0.25) is 11.0 Å². The number of H-pyrrole nitrogens is 1. The first-order valence-electron chi connectivity index (χ1n) is 7.79. The van der Waals surface area contributed by atoms with Gasteiger partial charge >= 0.3 is 6.01 Å². The maximum absolute atomic E-state index is 13.4. The van der Waals surface area contributed by atoms with Gasteiger partial charge in [-0.3, -0.25) is 5.32 Å². The van der Waals surface area contributed by atoms with Gasteiger partial charge in [-0.05, 0) is 43.3 Å². The number of azo groups is 1. The number of rotatable bonds is 3. The molecule has 1 fully saturated rings. The number of benzene rings is 1. The molecular formula is C16H14FN5O2S. The molecule has 1 aliphatic carbocycles. The van der Waals surface area contributed by atoms with E-state index in [4.69, 9.17) is 16.6 Å². The number of aromatic hydroxyl groups is 1. The van der Waals surface area contributed by atoms with Crippen molar-refractivity contribution in [2.24, 2.45) is 10.2 Å². The highest BCUT2D eigenvalue weighted by Gasteiger charge is 2.23. The second-order valence-corrected chi connectivity index (χ2v) is 6.22. The van der Waals surface area contributed by atoms with Gasteiger partial charge in [-0.25, -0.2) is 9.37 Å². The van der Waals surface area contributed by atoms with Gasteiger partial charge in [0.15, 0.2) is 5.69 Å². The average Bonchev–Trinajstić information content (AvgIpc) is 3.07. The highest BCUT2D eigenvalue weighted by molar-refractivity contribution is 7.80. The van der Waals surface area contributed by atoms with Gasteiger partial charge < -0.3 is 14.5 Å². The Hall–Kier alpha value is -2.81. The smallest absolute Gasteiger partial charge is 0.301 e. The molecule has 9 heteroatoms. The van der Waals surface area contributed by atoms with E-state index in [0.29, 0.717) is 16.8 Å². The molecule has 2 aromatic heterocycles. The Morgan fingerprint density at radius 1 is 1.44 bits per heavy atom. The summed E-state index contributed by atoms with van der Waals surface area (Å²) in [4.78, 5) is 6.81. The lowest BCUT2D eigenvalue weighted by atomic mass is 9.84. The van der Waals surface area contributed by atoms with Gasteiger partial charge in [0.1, 0.15) is 11.6 Å². The van der Waals surface area contributed by atoms with Crippen molar-refractivity contribution in [3.63, 3.8) is 0 Å². The third kappa shape index (κ3) is 3.10. The maximum atomic E-state index is 13.4. The normalized spacial score (nSPS) is 14.9. The molecule has 0 radical (unpaired) electrons. The Kier molecular flexibility index (Phi) is 3.92. The highest BCUT2D eigenvalue weighted by Crippen LogP contribution is 2.37. The molecule has 128 valence electrons. The summed E-state index contributed by atoms with van der Waals surface area (Å²) in [6.07, 6.45) is 5.10.